The molecule has 4 atom stereocenters. The van der Waals surface area contributed by atoms with E-state index in [4.69, 9.17) is 0 Å². The number of nitrogens with one attached hydrogen (secondary N) is 1. The van der Waals surface area contributed by atoms with Gasteiger partial charge in [-0.15, -0.1) is 0 Å². The molecule has 0 aromatic carbocycles. The van der Waals surface area contributed by atoms with E-state index >= 15 is 0 Å². The zero-order valence-corrected chi connectivity index (χ0v) is 16.5. The van der Waals surface area contributed by atoms with Crippen LogP contribution in [-0.2, 0) is 10.0 Å². The minimum Gasteiger partial charge on any atom is -0.212 e. The summed E-state index contributed by atoms with van der Waals surface area (Å²) in [5.74, 6) is 0.634. The van der Waals surface area contributed by atoms with Gasteiger partial charge >= 0.3 is 0 Å². The second-order valence-corrected chi connectivity index (χ2v) is 8.82. The lowest BCUT2D eigenvalue weighted by atomic mass is 9.94. The first-order valence-corrected chi connectivity index (χ1v) is 10.9. The second-order valence-electron chi connectivity index (χ2n) is 6.89. The Morgan fingerprint density at radius 1 is 0.818 bits per heavy atom. The van der Waals surface area contributed by atoms with Crippen LogP contribution in [0.2, 0.25) is 0 Å². The number of hydrogen-bond donors (Lipinski definition) is 1. The van der Waals surface area contributed by atoms with Crippen molar-refractivity contribution in [3.05, 3.63) is 0 Å². The molecule has 4 heteroatoms. The van der Waals surface area contributed by atoms with E-state index in [-0.39, 0.29) is 17.2 Å². The fourth-order valence-corrected chi connectivity index (χ4v) is 5.50. The van der Waals surface area contributed by atoms with Crippen LogP contribution >= 0.6 is 0 Å². The van der Waals surface area contributed by atoms with E-state index in [1.54, 1.807) is 0 Å². The van der Waals surface area contributed by atoms with E-state index in [0.717, 1.165) is 44.9 Å². The molecule has 0 aromatic heterocycles. The van der Waals surface area contributed by atoms with Gasteiger partial charge in [0.1, 0.15) is 0 Å². The van der Waals surface area contributed by atoms with Gasteiger partial charge in [-0.25, -0.2) is 13.1 Å². The molecule has 0 saturated heterocycles. The molecule has 0 fully saturated rings. The molecule has 0 saturated carbocycles. The first-order valence-electron chi connectivity index (χ1n) is 9.34. The lowest BCUT2D eigenvalue weighted by molar-refractivity contribution is 0.365. The number of sulfonamides is 1. The first-order chi connectivity index (χ1) is 10.3. The first kappa shape index (κ1) is 21.9. The third-order valence-electron chi connectivity index (χ3n) is 4.79. The Morgan fingerprint density at radius 2 is 1.41 bits per heavy atom. The summed E-state index contributed by atoms with van der Waals surface area (Å²) in [6.07, 6.45) is 8.06. The molecule has 0 spiro atoms. The number of unbranched alkanes of at least 4 members (excludes halogenated alkanes) is 1. The predicted molar refractivity (Wildman–Crippen MR) is 97.6 cm³/mol. The van der Waals surface area contributed by atoms with Crippen LogP contribution in [0.25, 0.3) is 0 Å². The van der Waals surface area contributed by atoms with Gasteiger partial charge in [-0.2, -0.15) is 0 Å². The smallest absolute Gasteiger partial charge is 0.212 e. The predicted octanol–water partition coefficient (Wildman–Crippen LogP) is 5.12. The van der Waals surface area contributed by atoms with E-state index in [1.807, 2.05) is 6.92 Å². The minimum absolute atomic E-state index is 0.0855. The van der Waals surface area contributed by atoms with Gasteiger partial charge in [0.2, 0.25) is 10.0 Å². The normalized spacial score (nSPS) is 17.9. The largest absolute Gasteiger partial charge is 0.214 e. The molecule has 134 valence electrons. The van der Waals surface area contributed by atoms with Crippen LogP contribution in [0.5, 0.6) is 0 Å². The topological polar surface area (TPSA) is 46.2 Å². The summed E-state index contributed by atoms with van der Waals surface area (Å²) < 4.78 is 28.8. The Labute approximate surface area is 139 Å². The Balaban J connectivity index is 4.98. The molecule has 0 heterocycles. The highest BCUT2D eigenvalue weighted by Crippen LogP contribution is 2.23. The van der Waals surface area contributed by atoms with E-state index in [0.29, 0.717) is 12.3 Å². The van der Waals surface area contributed by atoms with Gasteiger partial charge in [-0.05, 0) is 37.5 Å². The monoisotopic (exact) mass is 333 g/mol. The summed E-state index contributed by atoms with van der Waals surface area (Å²) in [7, 11) is -3.24. The van der Waals surface area contributed by atoms with Crippen LogP contribution in [0.4, 0.5) is 0 Å². The molecule has 0 radical (unpaired) electrons. The Kier molecular flexibility index (Phi) is 11.4. The highest BCUT2D eigenvalue weighted by atomic mass is 32.2. The zero-order chi connectivity index (χ0) is 17.2. The van der Waals surface area contributed by atoms with Crippen molar-refractivity contribution in [2.75, 3.05) is 0 Å². The fourth-order valence-electron chi connectivity index (χ4n) is 3.37. The number of rotatable bonds is 13. The highest BCUT2D eigenvalue weighted by molar-refractivity contribution is 7.90. The molecule has 3 nitrogen and oxygen atoms in total. The van der Waals surface area contributed by atoms with Gasteiger partial charge in [-0.3, -0.25) is 0 Å². The van der Waals surface area contributed by atoms with Gasteiger partial charge in [0.25, 0.3) is 0 Å². The van der Waals surface area contributed by atoms with E-state index in [1.165, 1.54) is 0 Å². The molecule has 0 amide bonds. The van der Waals surface area contributed by atoms with Crippen LogP contribution in [0.15, 0.2) is 0 Å². The molecule has 0 aliphatic rings. The lowest BCUT2D eigenvalue weighted by Gasteiger charge is -2.29. The van der Waals surface area contributed by atoms with Crippen molar-refractivity contribution >= 4 is 10.0 Å². The summed E-state index contributed by atoms with van der Waals surface area (Å²) in [6.45, 7) is 12.7. The van der Waals surface area contributed by atoms with Crippen LogP contribution in [-0.4, -0.2) is 19.7 Å². The van der Waals surface area contributed by atoms with Crippen molar-refractivity contribution in [3.8, 4) is 0 Å². The van der Waals surface area contributed by atoms with Crippen molar-refractivity contribution in [1.82, 2.24) is 4.72 Å². The quantitative estimate of drug-likeness (QED) is 0.509. The SMILES string of the molecule is CCCCC(C)C(CC)S(=O)(=O)NC(CCC)C(C)CCC. The van der Waals surface area contributed by atoms with Gasteiger partial charge in [0.05, 0.1) is 5.25 Å². The molecular weight excluding hydrogens is 294 g/mol. The zero-order valence-electron chi connectivity index (χ0n) is 15.7. The third kappa shape index (κ3) is 7.45. The van der Waals surface area contributed by atoms with Crippen molar-refractivity contribution in [2.24, 2.45) is 11.8 Å². The molecular formula is C18H39NO2S. The highest BCUT2D eigenvalue weighted by Gasteiger charge is 2.32. The van der Waals surface area contributed by atoms with Crippen molar-refractivity contribution in [1.29, 1.82) is 0 Å². The summed E-state index contributed by atoms with van der Waals surface area (Å²) in [6, 6.07) is 0.0855. The maximum atomic E-state index is 12.8. The van der Waals surface area contributed by atoms with Crippen LogP contribution in [0, 0.1) is 11.8 Å². The summed E-state index contributed by atoms with van der Waals surface area (Å²) >= 11 is 0. The maximum absolute atomic E-state index is 12.8. The molecule has 0 aliphatic heterocycles. The van der Waals surface area contributed by atoms with E-state index in [9.17, 15) is 8.42 Å². The summed E-state index contributed by atoms with van der Waals surface area (Å²) in [4.78, 5) is 0. The Bertz CT molecular complexity index is 367. The molecule has 0 aromatic rings. The van der Waals surface area contributed by atoms with Gasteiger partial charge < -0.3 is 0 Å². The average molecular weight is 334 g/mol. The van der Waals surface area contributed by atoms with Crippen molar-refractivity contribution < 1.29 is 8.42 Å². The lowest BCUT2D eigenvalue weighted by Crippen LogP contribution is -2.45. The summed E-state index contributed by atoms with van der Waals surface area (Å²) in [5.41, 5.74) is 0. The van der Waals surface area contributed by atoms with Gasteiger partial charge in [0, 0.05) is 6.04 Å². The molecule has 0 aliphatic carbocycles. The molecule has 4 unspecified atom stereocenters. The molecule has 1 N–H and O–H groups in total. The van der Waals surface area contributed by atoms with Crippen LogP contribution in [0.1, 0.15) is 92.9 Å². The number of hydrogen-bond acceptors (Lipinski definition) is 2. The average Bonchev–Trinajstić information content (AvgIpc) is 2.45. The standard InChI is InChI=1S/C18H39NO2S/c1-7-11-14-16(6)18(10-4)22(20,21)19-17(13-9-3)15(5)12-8-2/h15-19H,7-14H2,1-6H3. The van der Waals surface area contributed by atoms with Crippen molar-refractivity contribution in [3.63, 3.8) is 0 Å². The van der Waals surface area contributed by atoms with Crippen LogP contribution < -0.4 is 4.72 Å². The Hall–Kier alpha value is -0.0900. The van der Waals surface area contributed by atoms with E-state index < -0.39 is 10.0 Å². The Morgan fingerprint density at radius 3 is 1.86 bits per heavy atom. The molecule has 0 bridgehead atoms. The van der Waals surface area contributed by atoms with Crippen molar-refractivity contribution in [2.45, 2.75) is 104 Å². The second kappa shape index (κ2) is 11.4. The fraction of sp³-hybridized carbons (Fsp3) is 1.00. The molecule has 22 heavy (non-hydrogen) atoms. The van der Waals surface area contributed by atoms with Gasteiger partial charge in [0.15, 0.2) is 0 Å². The summed E-state index contributed by atoms with van der Waals surface area (Å²) in [5, 5.41) is -0.257. The van der Waals surface area contributed by atoms with E-state index in [2.05, 4.69) is 39.3 Å². The maximum Gasteiger partial charge on any atom is 0.214 e. The third-order valence-corrected chi connectivity index (χ3v) is 7.02. The van der Waals surface area contributed by atoms with Gasteiger partial charge in [-0.1, -0.05) is 67.2 Å². The minimum atomic E-state index is -3.24. The van der Waals surface area contributed by atoms with Crippen LogP contribution in [0.3, 0.4) is 0 Å². The molecule has 0 rings (SSSR count).